The van der Waals surface area contributed by atoms with Gasteiger partial charge in [0.25, 0.3) is 0 Å². The summed E-state index contributed by atoms with van der Waals surface area (Å²) in [6, 6.07) is 18.7. The molecule has 0 unspecified atom stereocenters. The van der Waals surface area contributed by atoms with E-state index in [2.05, 4.69) is 36.4 Å². The molecule has 2 atom stereocenters. The van der Waals surface area contributed by atoms with Crippen molar-refractivity contribution in [1.82, 2.24) is 0 Å². The highest BCUT2D eigenvalue weighted by molar-refractivity contribution is 5.32. The van der Waals surface area contributed by atoms with Crippen LogP contribution in [-0.2, 0) is 6.61 Å². The molecule has 0 radical (unpaired) electrons. The van der Waals surface area contributed by atoms with Crippen LogP contribution in [0.4, 0.5) is 0 Å². The average Bonchev–Trinajstić information content (AvgIpc) is 3.26. The predicted octanol–water partition coefficient (Wildman–Crippen LogP) is 3.33. The Kier molecular flexibility index (Phi) is 3.51. The van der Waals surface area contributed by atoms with Gasteiger partial charge in [-0.25, -0.2) is 0 Å². The molecule has 0 saturated heterocycles. The molecule has 2 aromatic carbocycles. The maximum absolute atomic E-state index is 5.78. The van der Waals surface area contributed by atoms with Gasteiger partial charge in [-0.05, 0) is 48.1 Å². The van der Waals surface area contributed by atoms with E-state index < -0.39 is 0 Å². The third-order valence-electron chi connectivity index (χ3n) is 3.78. The maximum atomic E-state index is 5.78. The fraction of sp³-hybridized carbons (Fsp3) is 0.294. The SMILES string of the molecule is NC[C@@H]1C[C@H]1c1ccc(OCc2ccccc2)cc1. The zero-order valence-corrected chi connectivity index (χ0v) is 11.0. The van der Waals surface area contributed by atoms with Crippen molar-refractivity contribution in [3.63, 3.8) is 0 Å². The van der Waals surface area contributed by atoms with E-state index in [1.807, 2.05) is 18.2 Å². The average molecular weight is 253 g/mol. The van der Waals surface area contributed by atoms with Crippen molar-refractivity contribution in [3.8, 4) is 5.75 Å². The van der Waals surface area contributed by atoms with E-state index in [1.54, 1.807) is 0 Å². The molecule has 3 rings (SSSR count). The molecule has 2 aromatic rings. The summed E-state index contributed by atoms with van der Waals surface area (Å²) in [5.41, 5.74) is 8.26. The molecule has 0 heterocycles. The Balaban J connectivity index is 1.58. The van der Waals surface area contributed by atoms with Crippen LogP contribution in [0.25, 0.3) is 0 Å². The van der Waals surface area contributed by atoms with Crippen LogP contribution < -0.4 is 10.5 Å². The molecule has 0 aliphatic heterocycles. The molecule has 2 nitrogen and oxygen atoms in total. The summed E-state index contributed by atoms with van der Waals surface area (Å²) >= 11 is 0. The Bertz CT molecular complexity index is 521. The van der Waals surface area contributed by atoms with E-state index in [0.29, 0.717) is 18.4 Å². The third-order valence-corrected chi connectivity index (χ3v) is 3.78. The number of nitrogens with two attached hydrogens (primary N) is 1. The lowest BCUT2D eigenvalue weighted by Crippen LogP contribution is -2.01. The molecule has 1 fully saturated rings. The molecule has 98 valence electrons. The van der Waals surface area contributed by atoms with Crippen LogP contribution in [0.5, 0.6) is 5.75 Å². The van der Waals surface area contributed by atoms with E-state index in [1.165, 1.54) is 17.5 Å². The van der Waals surface area contributed by atoms with Crippen molar-refractivity contribution < 1.29 is 4.74 Å². The van der Waals surface area contributed by atoms with Crippen LogP contribution >= 0.6 is 0 Å². The van der Waals surface area contributed by atoms with Crippen LogP contribution in [0.2, 0.25) is 0 Å². The lowest BCUT2D eigenvalue weighted by molar-refractivity contribution is 0.306. The Morgan fingerprint density at radius 1 is 1.00 bits per heavy atom. The zero-order valence-electron chi connectivity index (χ0n) is 11.0. The monoisotopic (exact) mass is 253 g/mol. The first kappa shape index (κ1) is 12.2. The number of rotatable bonds is 5. The summed E-state index contributed by atoms with van der Waals surface area (Å²) < 4.78 is 5.78. The fourth-order valence-corrected chi connectivity index (χ4v) is 2.47. The summed E-state index contributed by atoms with van der Waals surface area (Å²) in [5, 5.41) is 0. The van der Waals surface area contributed by atoms with Gasteiger partial charge in [-0.2, -0.15) is 0 Å². The number of ether oxygens (including phenoxy) is 1. The Hall–Kier alpha value is -1.80. The maximum Gasteiger partial charge on any atom is 0.119 e. The van der Waals surface area contributed by atoms with Crippen molar-refractivity contribution in [3.05, 3.63) is 65.7 Å². The van der Waals surface area contributed by atoms with Gasteiger partial charge in [0.2, 0.25) is 0 Å². The van der Waals surface area contributed by atoms with Crippen LogP contribution in [0.3, 0.4) is 0 Å². The molecule has 2 N–H and O–H groups in total. The topological polar surface area (TPSA) is 35.2 Å². The largest absolute Gasteiger partial charge is 0.489 e. The summed E-state index contributed by atoms with van der Waals surface area (Å²) in [7, 11) is 0. The van der Waals surface area contributed by atoms with E-state index in [4.69, 9.17) is 10.5 Å². The van der Waals surface area contributed by atoms with Gasteiger partial charge in [0.05, 0.1) is 0 Å². The number of hydrogen-bond acceptors (Lipinski definition) is 2. The molecular weight excluding hydrogens is 234 g/mol. The minimum Gasteiger partial charge on any atom is -0.489 e. The van der Waals surface area contributed by atoms with Crippen LogP contribution in [0.15, 0.2) is 54.6 Å². The van der Waals surface area contributed by atoms with Gasteiger partial charge in [0.15, 0.2) is 0 Å². The molecule has 1 aliphatic rings. The van der Waals surface area contributed by atoms with Gasteiger partial charge in [-0.15, -0.1) is 0 Å². The van der Waals surface area contributed by atoms with E-state index >= 15 is 0 Å². The van der Waals surface area contributed by atoms with Crippen molar-refractivity contribution in [1.29, 1.82) is 0 Å². The van der Waals surface area contributed by atoms with Crippen LogP contribution in [0, 0.1) is 5.92 Å². The standard InChI is InChI=1S/C17H19NO/c18-11-15-10-17(15)14-6-8-16(9-7-14)19-12-13-4-2-1-3-5-13/h1-9,15,17H,10-12,18H2/t15-,17-/m0/s1. The highest BCUT2D eigenvalue weighted by Crippen LogP contribution is 2.46. The zero-order chi connectivity index (χ0) is 13.1. The minimum absolute atomic E-state index is 0.620. The summed E-state index contributed by atoms with van der Waals surface area (Å²) in [5.74, 6) is 2.29. The molecular formula is C17H19NO. The van der Waals surface area contributed by atoms with Gasteiger partial charge >= 0.3 is 0 Å². The molecule has 0 spiro atoms. The Morgan fingerprint density at radius 2 is 1.74 bits per heavy atom. The van der Waals surface area contributed by atoms with Crippen LogP contribution in [0.1, 0.15) is 23.5 Å². The lowest BCUT2D eigenvalue weighted by Gasteiger charge is -2.07. The second-order valence-electron chi connectivity index (χ2n) is 5.18. The van der Waals surface area contributed by atoms with Gasteiger partial charge in [0, 0.05) is 0 Å². The van der Waals surface area contributed by atoms with E-state index in [-0.39, 0.29) is 0 Å². The normalized spacial score (nSPS) is 21.1. The minimum atomic E-state index is 0.620. The van der Waals surface area contributed by atoms with Gasteiger partial charge in [-0.1, -0.05) is 42.5 Å². The van der Waals surface area contributed by atoms with Gasteiger partial charge < -0.3 is 10.5 Å². The number of hydrogen-bond donors (Lipinski definition) is 1. The second-order valence-corrected chi connectivity index (χ2v) is 5.18. The first-order valence-corrected chi connectivity index (χ1v) is 6.83. The van der Waals surface area contributed by atoms with Crippen molar-refractivity contribution in [2.45, 2.75) is 18.9 Å². The van der Waals surface area contributed by atoms with E-state index in [9.17, 15) is 0 Å². The number of benzene rings is 2. The molecule has 0 bridgehead atoms. The van der Waals surface area contributed by atoms with Crippen molar-refractivity contribution in [2.24, 2.45) is 11.7 Å². The molecule has 1 saturated carbocycles. The third kappa shape index (κ3) is 2.96. The predicted molar refractivity (Wildman–Crippen MR) is 77.1 cm³/mol. The summed E-state index contributed by atoms with van der Waals surface area (Å²) in [6.07, 6.45) is 1.24. The highest BCUT2D eigenvalue weighted by Gasteiger charge is 2.36. The molecule has 0 aromatic heterocycles. The Morgan fingerprint density at radius 3 is 2.37 bits per heavy atom. The second kappa shape index (κ2) is 5.45. The quantitative estimate of drug-likeness (QED) is 0.887. The van der Waals surface area contributed by atoms with Gasteiger partial charge in [-0.3, -0.25) is 0 Å². The smallest absolute Gasteiger partial charge is 0.119 e. The highest BCUT2D eigenvalue weighted by atomic mass is 16.5. The molecule has 0 amide bonds. The molecule has 2 heteroatoms. The summed E-state index contributed by atoms with van der Waals surface area (Å²) in [6.45, 7) is 1.42. The van der Waals surface area contributed by atoms with Gasteiger partial charge in [0.1, 0.15) is 12.4 Å². The summed E-state index contributed by atoms with van der Waals surface area (Å²) in [4.78, 5) is 0. The lowest BCUT2D eigenvalue weighted by atomic mass is 10.1. The van der Waals surface area contributed by atoms with E-state index in [0.717, 1.165) is 12.3 Å². The first-order chi connectivity index (χ1) is 9.36. The molecule has 1 aliphatic carbocycles. The first-order valence-electron chi connectivity index (χ1n) is 6.83. The Labute approximate surface area is 114 Å². The van der Waals surface area contributed by atoms with Crippen LogP contribution in [-0.4, -0.2) is 6.54 Å². The van der Waals surface area contributed by atoms with Crippen molar-refractivity contribution >= 4 is 0 Å². The fourth-order valence-electron chi connectivity index (χ4n) is 2.47. The molecule has 19 heavy (non-hydrogen) atoms. The van der Waals surface area contributed by atoms with Crippen molar-refractivity contribution in [2.75, 3.05) is 6.54 Å².